The van der Waals surface area contributed by atoms with Crippen molar-refractivity contribution in [3.63, 3.8) is 0 Å². The third-order valence-electron chi connectivity index (χ3n) is 5.32. The predicted octanol–water partition coefficient (Wildman–Crippen LogP) is 1.67. The largest absolute Gasteiger partial charge is 1.00 e. The summed E-state index contributed by atoms with van der Waals surface area (Å²) in [6.07, 6.45) is 8.08. The van der Waals surface area contributed by atoms with E-state index in [2.05, 4.69) is 28.8 Å². The SMILES string of the molecule is CCCCCCOc1nsnc1C1=CCC[N+](C)(C(C)OC(=O)CC(C)C)C1.[I-]. The van der Waals surface area contributed by atoms with Crippen LogP contribution >= 0.6 is 11.7 Å². The number of hydrogen-bond donors (Lipinski definition) is 0. The summed E-state index contributed by atoms with van der Waals surface area (Å²) in [6.45, 7) is 10.6. The average Bonchev–Trinajstić information content (AvgIpc) is 3.09. The Hall–Kier alpha value is -0.740. The highest BCUT2D eigenvalue weighted by Gasteiger charge is 2.36. The molecule has 0 spiro atoms. The van der Waals surface area contributed by atoms with Gasteiger partial charge in [0, 0.05) is 25.3 Å². The van der Waals surface area contributed by atoms with Crippen molar-refractivity contribution in [1.82, 2.24) is 8.75 Å². The fourth-order valence-corrected chi connectivity index (χ4v) is 3.95. The normalized spacial score (nSPS) is 20.0. The fourth-order valence-electron chi connectivity index (χ4n) is 3.42. The van der Waals surface area contributed by atoms with Crippen LogP contribution in [0.15, 0.2) is 6.08 Å². The Morgan fingerprint density at radius 2 is 2.00 bits per heavy atom. The molecule has 2 heterocycles. The van der Waals surface area contributed by atoms with E-state index in [-0.39, 0.29) is 36.2 Å². The number of esters is 1. The summed E-state index contributed by atoms with van der Waals surface area (Å²) in [5, 5.41) is 0. The first kappa shape index (κ1) is 26.3. The van der Waals surface area contributed by atoms with Gasteiger partial charge in [-0.25, -0.2) is 0 Å². The molecule has 29 heavy (non-hydrogen) atoms. The van der Waals surface area contributed by atoms with Crippen LogP contribution in [0.5, 0.6) is 5.88 Å². The zero-order valence-electron chi connectivity index (χ0n) is 18.4. The summed E-state index contributed by atoms with van der Waals surface area (Å²) in [7, 11) is 2.14. The molecular weight excluding hydrogens is 501 g/mol. The molecule has 0 aliphatic carbocycles. The highest BCUT2D eigenvalue weighted by atomic mass is 127. The minimum absolute atomic E-state index is 0. The number of nitrogens with zero attached hydrogens (tertiary/aromatic N) is 3. The molecule has 0 N–H and O–H groups in total. The van der Waals surface area contributed by atoms with E-state index in [1.807, 2.05) is 20.8 Å². The van der Waals surface area contributed by atoms with Gasteiger partial charge in [-0.05, 0) is 12.3 Å². The molecule has 2 rings (SSSR count). The molecule has 0 bridgehead atoms. The first-order chi connectivity index (χ1) is 13.4. The van der Waals surface area contributed by atoms with Crippen LogP contribution < -0.4 is 28.7 Å². The number of carbonyl (C=O) groups is 1. The van der Waals surface area contributed by atoms with Crippen LogP contribution in [0.4, 0.5) is 0 Å². The number of ether oxygens (including phenoxy) is 2. The summed E-state index contributed by atoms with van der Waals surface area (Å²) in [6, 6.07) is 0. The Bertz CT molecular complexity index is 665. The molecule has 0 aromatic carbocycles. The second kappa shape index (κ2) is 12.8. The molecule has 2 unspecified atom stereocenters. The maximum atomic E-state index is 12.1. The number of carbonyl (C=O) groups excluding carboxylic acids is 1. The Morgan fingerprint density at radius 1 is 1.24 bits per heavy atom. The van der Waals surface area contributed by atoms with Crippen LogP contribution in [-0.2, 0) is 9.53 Å². The van der Waals surface area contributed by atoms with Crippen LogP contribution in [0, 0.1) is 5.92 Å². The highest BCUT2D eigenvalue weighted by Crippen LogP contribution is 2.31. The Morgan fingerprint density at radius 3 is 2.69 bits per heavy atom. The van der Waals surface area contributed by atoms with Gasteiger partial charge in [-0.1, -0.05) is 46.1 Å². The van der Waals surface area contributed by atoms with E-state index < -0.39 is 0 Å². The lowest BCUT2D eigenvalue weighted by molar-refractivity contribution is -0.944. The maximum absolute atomic E-state index is 12.1. The first-order valence-electron chi connectivity index (χ1n) is 10.5. The molecule has 2 atom stereocenters. The molecule has 8 heteroatoms. The van der Waals surface area contributed by atoms with Crippen LogP contribution in [-0.4, -0.2) is 52.2 Å². The number of hydrogen-bond acceptors (Lipinski definition) is 6. The van der Waals surface area contributed by atoms with Gasteiger partial charge < -0.3 is 33.5 Å². The van der Waals surface area contributed by atoms with Gasteiger partial charge in [0.2, 0.25) is 6.23 Å². The summed E-state index contributed by atoms with van der Waals surface area (Å²) in [5.74, 6) is 0.829. The quantitative estimate of drug-likeness (QED) is 0.186. The Kier molecular flexibility index (Phi) is 11.6. The van der Waals surface area contributed by atoms with E-state index in [0.29, 0.717) is 29.3 Å². The summed E-state index contributed by atoms with van der Waals surface area (Å²) < 4.78 is 21.2. The van der Waals surface area contributed by atoms with Gasteiger partial charge in [0.1, 0.15) is 12.2 Å². The van der Waals surface area contributed by atoms with Crippen molar-refractivity contribution in [1.29, 1.82) is 0 Å². The summed E-state index contributed by atoms with van der Waals surface area (Å²) in [4.78, 5) is 12.1. The summed E-state index contributed by atoms with van der Waals surface area (Å²) >= 11 is 1.20. The smallest absolute Gasteiger partial charge is 0.310 e. The summed E-state index contributed by atoms with van der Waals surface area (Å²) in [5.41, 5.74) is 1.99. The first-order valence-corrected chi connectivity index (χ1v) is 11.3. The molecule has 1 aliphatic heterocycles. The van der Waals surface area contributed by atoms with Gasteiger partial charge in [0.05, 0.1) is 31.9 Å². The lowest BCUT2D eigenvalue weighted by Crippen LogP contribution is -3.00. The van der Waals surface area contributed by atoms with Gasteiger partial charge in [0.15, 0.2) is 0 Å². The number of quaternary nitrogens is 1. The lowest BCUT2D eigenvalue weighted by atomic mass is 10.0. The third kappa shape index (κ3) is 8.13. The Balaban J connectivity index is 0.00000420. The van der Waals surface area contributed by atoms with E-state index in [0.717, 1.165) is 37.2 Å². The van der Waals surface area contributed by atoms with Crippen LogP contribution in [0.25, 0.3) is 5.57 Å². The Labute approximate surface area is 197 Å². The molecule has 1 aromatic rings. The predicted molar refractivity (Wildman–Crippen MR) is 113 cm³/mol. The van der Waals surface area contributed by atoms with Crippen LogP contribution in [0.1, 0.15) is 71.9 Å². The monoisotopic (exact) mass is 537 g/mol. The molecule has 1 aliphatic rings. The number of aromatic nitrogens is 2. The molecule has 0 amide bonds. The van der Waals surface area contributed by atoms with E-state index in [4.69, 9.17) is 9.47 Å². The minimum Gasteiger partial charge on any atom is -1.00 e. The lowest BCUT2D eigenvalue weighted by Gasteiger charge is -2.41. The molecule has 0 saturated heterocycles. The average molecular weight is 538 g/mol. The molecule has 0 radical (unpaired) electrons. The second-order valence-electron chi connectivity index (χ2n) is 8.39. The highest BCUT2D eigenvalue weighted by molar-refractivity contribution is 6.99. The molecular formula is C21H36IN3O3S. The molecule has 1 aromatic heterocycles. The van der Waals surface area contributed by atoms with Crippen molar-refractivity contribution in [3.05, 3.63) is 11.8 Å². The molecule has 0 saturated carbocycles. The zero-order chi connectivity index (χ0) is 20.6. The number of rotatable bonds is 11. The van der Waals surface area contributed by atoms with Crippen molar-refractivity contribution in [2.45, 2.75) is 72.4 Å². The van der Waals surface area contributed by atoms with Crippen LogP contribution in [0.3, 0.4) is 0 Å². The van der Waals surface area contributed by atoms with E-state index >= 15 is 0 Å². The maximum Gasteiger partial charge on any atom is 0.310 e. The van der Waals surface area contributed by atoms with Gasteiger partial charge in [-0.2, -0.15) is 4.37 Å². The number of unbranched alkanes of at least 4 members (excludes halogenated alkanes) is 3. The van der Waals surface area contributed by atoms with Crippen molar-refractivity contribution in [2.75, 3.05) is 26.7 Å². The fraction of sp³-hybridized carbons (Fsp3) is 0.762. The topological polar surface area (TPSA) is 61.3 Å². The van der Waals surface area contributed by atoms with Crippen LogP contribution in [0.2, 0.25) is 0 Å². The minimum atomic E-state index is -0.194. The molecule has 0 fully saturated rings. The second-order valence-corrected chi connectivity index (χ2v) is 8.92. The zero-order valence-corrected chi connectivity index (χ0v) is 21.4. The van der Waals surface area contributed by atoms with Crippen molar-refractivity contribution in [2.24, 2.45) is 5.92 Å². The molecule has 6 nitrogen and oxygen atoms in total. The van der Waals surface area contributed by atoms with E-state index in [1.165, 1.54) is 31.0 Å². The van der Waals surface area contributed by atoms with Crippen molar-refractivity contribution in [3.8, 4) is 5.88 Å². The van der Waals surface area contributed by atoms with Gasteiger partial charge in [-0.3, -0.25) is 9.28 Å². The van der Waals surface area contributed by atoms with Gasteiger partial charge in [-0.15, -0.1) is 4.37 Å². The number of halogens is 1. The van der Waals surface area contributed by atoms with E-state index in [9.17, 15) is 4.79 Å². The van der Waals surface area contributed by atoms with Crippen molar-refractivity contribution >= 4 is 23.3 Å². The van der Waals surface area contributed by atoms with Gasteiger partial charge >= 0.3 is 5.97 Å². The van der Waals surface area contributed by atoms with Crippen molar-refractivity contribution < 1.29 is 42.7 Å². The molecule has 166 valence electrons. The standard InChI is InChI=1S/C21H36N3O3S.HI/c1-6-7-8-9-13-26-21-20(22-28-23-21)18-11-10-12-24(5,15-18)17(4)27-19(25)14-16(2)3;/h11,16-17H,6-10,12-15H2,1-5H3;1H/q+1;/p-1. The van der Waals surface area contributed by atoms with Gasteiger partial charge in [0.25, 0.3) is 5.88 Å². The van der Waals surface area contributed by atoms with E-state index in [1.54, 1.807) is 0 Å². The third-order valence-corrected chi connectivity index (χ3v) is 5.83. The number of likely N-dealkylation sites (N-methyl/N-ethyl adjacent to an activating group) is 1.